The normalized spacial score (nSPS) is 17.1. The summed E-state index contributed by atoms with van der Waals surface area (Å²) in [4.78, 5) is 10.8. The highest BCUT2D eigenvalue weighted by atomic mass is 79.9. The predicted octanol–water partition coefficient (Wildman–Crippen LogP) is 4.49. The van der Waals surface area contributed by atoms with Crippen LogP contribution in [0.4, 0.5) is 5.69 Å². The van der Waals surface area contributed by atoms with E-state index in [1.54, 1.807) is 12.1 Å². The van der Waals surface area contributed by atoms with Crippen molar-refractivity contribution in [3.8, 4) is 5.75 Å². The molecule has 0 amide bonds. The van der Waals surface area contributed by atoms with Gasteiger partial charge in [0.25, 0.3) is 0 Å². The minimum absolute atomic E-state index is 0.0760. The van der Waals surface area contributed by atoms with Crippen LogP contribution in [0.2, 0.25) is 0 Å². The molecule has 1 aromatic carbocycles. The Morgan fingerprint density at radius 1 is 1.40 bits per heavy atom. The second-order valence-corrected chi connectivity index (χ2v) is 6.10. The maximum atomic E-state index is 11.2. The number of ether oxygens (including phenoxy) is 1. The molecule has 20 heavy (non-hydrogen) atoms. The molecule has 1 aliphatic carbocycles. The zero-order chi connectivity index (χ0) is 14.6. The molecule has 2 rings (SSSR count). The lowest BCUT2D eigenvalue weighted by Gasteiger charge is -2.26. The first-order valence-corrected chi connectivity index (χ1v) is 8.18. The van der Waals surface area contributed by atoms with E-state index in [4.69, 9.17) is 4.74 Å². The summed E-state index contributed by atoms with van der Waals surface area (Å²) in [5, 5.41) is 12.0. The number of hydrogen-bond acceptors (Lipinski definition) is 3. The van der Waals surface area contributed by atoms with Crippen molar-refractivity contribution in [1.82, 2.24) is 0 Å². The van der Waals surface area contributed by atoms with Gasteiger partial charge in [0, 0.05) is 16.8 Å². The van der Waals surface area contributed by atoms with Crippen molar-refractivity contribution in [3.05, 3.63) is 33.9 Å². The third kappa shape index (κ3) is 3.32. The second-order valence-electron chi connectivity index (χ2n) is 5.54. The van der Waals surface area contributed by atoms with Crippen LogP contribution in [0.25, 0.3) is 0 Å². The van der Waals surface area contributed by atoms with Crippen LogP contribution in [0.5, 0.6) is 5.75 Å². The second kappa shape index (κ2) is 6.57. The van der Waals surface area contributed by atoms with Gasteiger partial charge in [-0.1, -0.05) is 41.8 Å². The molecule has 1 aliphatic rings. The highest BCUT2D eigenvalue weighted by Crippen LogP contribution is 2.40. The molecule has 0 aromatic heterocycles. The van der Waals surface area contributed by atoms with Gasteiger partial charge in [0.2, 0.25) is 0 Å². The van der Waals surface area contributed by atoms with E-state index in [2.05, 4.69) is 15.9 Å². The lowest BCUT2D eigenvalue weighted by Crippen LogP contribution is -2.27. The molecule has 0 saturated heterocycles. The van der Waals surface area contributed by atoms with Crippen LogP contribution in [-0.2, 0) is 6.42 Å². The third-order valence-corrected chi connectivity index (χ3v) is 5.30. The number of alkyl halides is 1. The zero-order valence-electron chi connectivity index (χ0n) is 11.7. The fourth-order valence-corrected chi connectivity index (χ4v) is 3.44. The molecule has 0 spiro atoms. The van der Waals surface area contributed by atoms with Crippen molar-refractivity contribution in [1.29, 1.82) is 0 Å². The lowest BCUT2D eigenvalue weighted by atomic mass is 9.90. The van der Waals surface area contributed by atoms with Gasteiger partial charge in [-0.3, -0.25) is 10.1 Å². The van der Waals surface area contributed by atoms with E-state index < -0.39 is 0 Å². The molecule has 1 fully saturated rings. The molecule has 0 heterocycles. The number of halogens is 1. The van der Waals surface area contributed by atoms with Gasteiger partial charge in [-0.25, -0.2) is 0 Å². The molecular formula is C15H20BrNO3. The van der Waals surface area contributed by atoms with Crippen LogP contribution in [0.3, 0.4) is 0 Å². The highest BCUT2D eigenvalue weighted by Gasteiger charge is 2.34. The van der Waals surface area contributed by atoms with Gasteiger partial charge in [0.1, 0.15) is 0 Å². The summed E-state index contributed by atoms with van der Waals surface area (Å²) in [5.74, 6) is 0.388. The Hall–Kier alpha value is -1.10. The largest absolute Gasteiger partial charge is 0.486 e. The molecule has 5 heteroatoms. The lowest BCUT2D eigenvalue weighted by molar-refractivity contribution is -0.386. The van der Waals surface area contributed by atoms with E-state index in [1.165, 1.54) is 12.8 Å². The van der Waals surface area contributed by atoms with Gasteiger partial charge < -0.3 is 4.74 Å². The molecule has 1 aromatic rings. The summed E-state index contributed by atoms with van der Waals surface area (Å²) in [6.07, 6.45) is 5.46. The van der Waals surface area contributed by atoms with E-state index in [0.29, 0.717) is 12.4 Å². The summed E-state index contributed by atoms with van der Waals surface area (Å²) in [6, 6.07) is 5.25. The first-order chi connectivity index (χ1) is 9.60. The SMILES string of the molecule is CCc1ccc(OCC2(CBr)CCCC2)c([N+](=O)[O-])c1. The van der Waals surface area contributed by atoms with Crippen molar-refractivity contribution < 1.29 is 9.66 Å². The molecule has 1 saturated carbocycles. The maximum Gasteiger partial charge on any atom is 0.311 e. The van der Waals surface area contributed by atoms with Crippen LogP contribution in [0, 0.1) is 15.5 Å². The molecule has 0 unspecified atom stereocenters. The Labute approximate surface area is 127 Å². The molecule has 110 valence electrons. The molecule has 0 N–H and O–H groups in total. The summed E-state index contributed by atoms with van der Waals surface area (Å²) in [7, 11) is 0. The van der Waals surface area contributed by atoms with Crippen LogP contribution < -0.4 is 4.74 Å². The summed E-state index contributed by atoms with van der Waals surface area (Å²) in [6.45, 7) is 2.53. The summed E-state index contributed by atoms with van der Waals surface area (Å²) in [5.41, 5.74) is 1.17. The number of nitro groups is 1. The molecule has 0 bridgehead atoms. The van der Waals surface area contributed by atoms with Crippen molar-refractivity contribution in [2.45, 2.75) is 39.0 Å². The predicted molar refractivity (Wildman–Crippen MR) is 82.7 cm³/mol. The van der Waals surface area contributed by atoms with Crippen LogP contribution in [0.15, 0.2) is 18.2 Å². The average molecular weight is 342 g/mol. The minimum atomic E-state index is -0.357. The number of aryl methyl sites for hydroxylation is 1. The fourth-order valence-electron chi connectivity index (χ4n) is 2.72. The number of rotatable bonds is 6. The Balaban J connectivity index is 2.14. The van der Waals surface area contributed by atoms with E-state index in [0.717, 1.165) is 30.2 Å². The van der Waals surface area contributed by atoms with Gasteiger partial charge in [-0.15, -0.1) is 0 Å². The Kier molecular flexibility index (Phi) is 5.02. The van der Waals surface area contributed by atoms with E-state index >= 15 is 0 Å². The van der Waals surface area contributed by atoms with Gasteiger partial charge in [-0.05, 0) is 30.9 Å². The van der Waals surface area contributed by atoms with Gasteiger partial charge in [0.15, 0.2) is 5.75 Å². The van der Waals surface area contributed by atoms with E-state index in [1.807, 2.05) is 13.0 Å². The smallest absolute Gasteiger partial charge is 0.311 e. The summed E-state index contributed by atoms with van der Waals surface area (Å²) >= 11 is 3.56. The molecule has 4 nitrogen and oxygen atoms in total. The molecule has 0 radical (unpaired) electrons. The monoisotopic (exact) mass is 341 g/mol. The van der Waals surface area contributed by atoms with Gasteiger partial charge in [-0.2, -0.15) is 0 Å². The standard InChI is InChI=1S/C15H20BrNO3/c1-2-12-5-6-14(13(9-12)17(18)19)20-11-15(10-16)7-3-4-8-15/h5-6,9H,2-4,7-8,10-11H2,1H3. The minimum Gasteiger partial charge on any atom is -0.486 e. The Morgan fingerprint density at radius 2 is 2.10 bits per heavy atom. The first-order valence-electron chi connectivity index (χ1n) is 7.06. The van der Waals surface area contributed by atoms with Crippen molar-refractivity contribution in [3.63, 3.8) is 0 Å². The third-order valence-electron chi connectivity index (χ3n) is 4.11. The molecule has 0 aliphatic heterocycles. The number of nitrogens with zero attached hydrogens (tertiary/aromatic N) is 1. The molecule has 0 atom stereocenters. The van der Waals surface area contributed by atoms with Crippen LogP contribution in [-0.4, -0.2) is 16.9 Å². The summed E-state index contributed by atoms with van der Waals surface area (Å²) < 4.78 is 5.80. The Bertz CT molecular complexity index is 484. The van der Waals surface area contributed by atoms with Crippen LogP contribution in [0.1, 0.15) is 38.2 Å². The zero-order valence-corrected chi connectivity index (χ0v) is 13.3. The van der Waals surface area contributed by atoms with Crippen molar-refractivity contribution >= 4 is 21.6 Å². The average Bonchev–Trinajstić information content (AvgIpc) is 2.94. The van der Waals surface area contributed by atoms with E-state index in [9.17, 15) is 10.1 Å². The number of benzene rings is 1. The molecular weight excluding hydrogens is 322 g/mol. The van der Waals surface area contributed by atoms with Crippen molar-refractivity contribution in [2.75, 3.05) is 11.9 Å². The number of hydrogen-bond donors (Lipinski definition) is 0. The fraction of sp³-hybridized carbons (Fsp3) is 0.600. The highest BCUT2D eigenvalue weighted by molar-refractivity contribution is 9.09. The first kappa shape index (κ1) is 15.3. The van der Waals surface area contributed by atoms with Crippen LogP contribution >= 0.6 is 15.9 Å². The maximum absolute atomic E-state index is 11.2. The van der Waals surface area contributed by atoms with E-state index in [-0.39, 0.29) is 16.0 Å². The number of nitro benzene ring substituents is 1. The Morgan fingerprint density at radius 3 is 2.65 bits per heavy atom. The van der Waals surface area contributed by atoms with Gasteiger partial charge >= 0.3 is 5.69 Å². The quantitative estimate of drug-likeness (QED) is 0.435. The van der Waals surface area contributed by atoms with Gasteiger partial charge in [0.05, 0.1) is 11.5 Å². The van der Waals surface area contributed by atoms with Crippen molar-refractivity contribution in [2.24, 2.45) is 5.41 Å². The topological polar surface area (TPSA) is 52.4 Å².